The first-order chi connectivity index (χ1) is 23.6. The maximum Gasteiger partial charge on any atom is 0.416 e. The van der Waals surface area contributed by atoms with Crippen molar-refractivity contribution in [1.82, 2.24) is 9.80 Å². The highest BCUT2D eigenvalue weighted by Gasteiger charge is 2.44. The highest BCUT2D eigenvalue weighted by atomic mass is 19.4. The largest absolute Gasteiger partial charge is 0.496 e. The van der Waals surface area contributed by atoms with Crippen molar-refractivity contribution in [2.45, 2.75) is 97.3 Å². The van der Waals surface area contributed by atoms with Gasteiger partial charge in [-0.15, -0.1) is 0 Å². The summed E-state index contributed by atoms with van der Waals surface area (Å²) in [5, 5.41) is 0. The molecular formula is C38H44F6N2O5. The monoisotopic (exact) mass is 722 g/mol. The highest BCUT2D eigenvalue weighted by Crippen LogP contribution is 2.47. The molecule has 2 heterocycles. The second-order valence-electron chi connectivity index (χ2n) is 15.3. The lowest BCUT2D eigenvalue weighted by atomic mass is 9.72. The fourth-order valence-corrected chi connectivity index (χ4v) is 6.97. The van der Waals surface area contributed by atoms with E-state index in [1.54, 1.807) is 18.9 Å². The Kier molecular flexibility index (Phi) is 10.3. The predicted molar refractivity (Wildman–Crippen MR) is 180 cm³/mol. The van der Waals surface area contributed by atoms with Crippen LogP contribution < -0.4 is 4.74 Å². The first-order valence-corrected chi connectivity index (χ1v) is 16.9. The summed E-state index contributed by atoms with van der Waals surface area (Å²) in [6.07, 6.45) is -7.94. The number of ether oxygens (including phenoxy) is 3. The lowest BCUT2D eigenvalue weighted by Crippen LogP contribution is -2.39. The van der Waals surface area contributed by atoms with Crippen molar-refractivity contribution in [3.05, 3.63) is 75.9 Å². The van der Waals surface area contributed by atoms with Crippen LogP contribution in [0.3, 0.4) is 0 Å². The van der Waals surface area contributed by atoms with E-state index < -0.39 is 47.3 Å². The minimum atomic E-state index is -5.03. The van der Waals surface area contributed by atoms with Crippen LogP contribution in [0.4, 0.5) is 35.9 Å². The molecule has 2 amide bonds. The van der Waals surface area contributed by atoms with Gasteiger partial charge in [0.15, 0.2) is 0 Å². The number of nitrogens with zero attached hydrogens (tertiary/aromatic N) is 2. The molecule has 2 aromatic rings. The number of amides is 2. The second-order valence-corrected chi connectivity index (χ2v) is 15.3. The van der Waals surface area contributed by atoms with Crippen LogP contribution in [-0.2, 0) is 21.8 Å². The fraction of sp³-hybridized carbons (Fsp3) is 0.526. The number of hydrogen-bond acceptors (Lipinski definition) is 5. The minimum absolute atomic E-state index is 0.0613. The van der Waals surface area contributed by atoms with E-state index >= 15 is 0 Å². The summed E-state index contributed by atoms with van der Waals surface area (Å²) in [6.45, 7) is 12.2. The number of rotatable bonds is 6. The van der Waals surface area contributed by atoms with Gasteiger partial charge in [-0.3, -0.25) is 4.90 Å². The van der Waals surface area contributed by atoms with Crippen molar-refractivity contribution in [1.29, 1.82) is 0 Å². The molecule has 1 fully saturated rings. The molecule has 1 aliphatic carbocycles. The fourth-order valence-electron chi connectivity index (χ4n) is 6.97. The number of methoxy groups -OCH3 is 1. The number of cyclic esters (lactones) is 1. The quantitative estimate of drug-likeness (QED) is 0.278. The van der Waals surface area contributed by atoms with Crippen LogP contribution >= 0.6 is 0 Å². The lowest BCUT2D eigenvalue weighted by molar-refractivity contribution is -0.143. The number of carbonyl (C=O) groups is 2. The zero-order valence-corrected chi connectivity index (χ0v) is 29.8. The van der Waals surface area contributed by atoms with Crippen LogP contribution in [0.2, 0.25) is 0 Å². The van der Waals surface area contributed by atoms with E-state index in [0.29, 0.717) is 50.2 Å². The molecule has 278 valence electrons. The molecule has 5 rings (SSSR count). The third kappa shape index (κ3) is 8.66. The Balaban J connectivity index is 1.47. The summed E-state index contributed by atoms with van der Waals surface area (Å²) in [4.78, 5) is 28.9. The van der Waals surface area contributed by atoms with Crippen molar-refractivity contribution in [2.24, 2.45) is 5.41 Å². The van der Waals surface area contributed by atoms with Gasteiger partial charge in [-0.25, -0.2) is 9.59 Å². The molecule has 0 spiro atoms. The third-order valence-corrected chi connectivity index (χ3v) is 9.62. The zero-order chi connectivity index (χ0) is 37.7. The molecule has 51 heavy (non-hydrogen) atoms. The van der Waals surface area contributed by atoms with Crippen molar-refractivity contribution in [3.63, 3.8) is 0 Å². The van der Waals surface area contributed by atoms with Crippen molar-refractivity contribution < 1.29 is 50.1 Å². The Morgan fingerprint density at radius 2 is 1.63 bits per heavy atom. The van der Waals surface area contributed by atoms with Crippen molar-refractivity contribution in [2.75, 3.05) is 26.7 Å². The van der Waals surface area contributed by atoms with E-state index in [9.17, 15) is 35.9 Å². The predicted octanol–water partition coefficient (Wildman–Crippen LogP) is 10.3. The van der Waals surface area contributed by atoms with Gasteiger partial charge in [0.05, 0.1) is 24.3 Å². The van der Waals surface area contributed by atoms with Crippen LogP contribution in [0, 0.1) is 5.41 Å². The molecule has 0 unspecified atom stereocenters. The number of halogens is 6. The van der Waals surface area contributed by atoms with E-state index in [1.807, 2.05) is 45.0 Å². The Morgan fingerprint density at radius 1 is 0.980 bits per heavy atom. The van der Waals surface area contributed by atoms with Gasteiger partial charge in [0, 0.05) is 25.2 Å². The smallest absolute Gasteiger partial charge is 0.416 e. The molecule has 0 aromatic heterocycles. The standard InChI is InChI=1S/C38H44F6N2O5/c1-22-32(25-16-27(37(39,40)41)19-28(17-25)38(42,43)44)50-34(48)46(22)21-26-20-36(5,6)13-10-29(26)30-18-24(8-9-31(30)49-7)23-11-14-45(15-12-23)33(47)51-35(2,3)4/h8-9,11,16-19,22,32H,10,12-15,20-21H2,1-7H3/t22-,32-/m0/s1. The summed E-state index contributed by atoms with van der Waals surface area (Å²) < 4.78 is 98.7. The first-order valence-electron chi connectivity index (χ1n) is 16.9. The molecule has 2 aliphatic heterocycles. The molecule has 1 saturated heterocycles. The van der Waals surface area contributed by atoms with E-state index in [-0.39, 0.29) is 29.7 Å². The molecule has 2 aromatic carbocycles. The van der Waals surface area contributed by atoms with Crippen molar-refractivity contribution in [3.8, 4) is 5.75 Å². The summed E-state index contributed by atoms with van der Waals surface area (Å²) in [7, 11) is 1.57. The van der Waals surface area contributed by atoms with Crippen LogP contribution in [0.5, 0.6) is 5.75 Å². The molecule has 2 atom stereocenters. The SMILES string of the molecule is COc1ccc(C2=CCN(C(=O)OC(C)(C)C)CC2)cc1C1=C(CN2C(=O)O[C@H](c3cc(C(F)(F)F)cc(C(F)(F)F)c3)[C@@H]2C)CC(C)(C)CC1. The number of benzene rings is 2. The molecule has 3 aliphatic rings. The van der Waals surface area contributed by atoms with Gasteiger partial charge >= 0.3 is 24.5 Å². The molecule has 0 bridgehead atoms. The van der Waals surface area contributed by atoms with E-state index in [1.165, 1.54) is 4.90 Å². The maximum absolute atomic E-state index is 13.6. The van der Waals surface area contributed by atoms with E-state index in [2.05, 4.69) is 13.8 Å². The normalized spacial score (nSPS) is 21.4. The number of hydrogen-bond donors (Lipinski definition) is 0. The topological polar surface area (TPSA) is 68.3 Å². The van der Waals surface area contributed by atoms with Crippen LogP contribution in [0.15, 0.2) is 48.0 Å². The molecular weight excluding hydrogens is 678 g/mol. The average Bonchev–Trinajstić information content (AvgIpc) is 3.31. The van der Waals surface area contributed by atoms with Crippen LogP contribution in [-0.4, -0.2) is 60.4 Å². The number of allylic oxidation sites excluding steroid dienone is 1. The molecule has 7 nitrogen and oxygen atoms in total. The van der Waals surface area contributed by atoms with E-state index in [0.717, 1.165) is 34.3 Å². The maximum atomic E-state index is 13.6. The summed E-state index contributed by atoms with van der Waals surface area (Å²) in [6, 6.07) is 6.30. The second kappa shape index (κ2) is 13.8. The van der Waals surface area contributed by atoms with Gasteiger partial charge in [-0.2, -0.15) is 26.3 Å². The summed E-state index contributed by atoms with van der Waals surface area (Å²) >= 11 is 0. The number of carbonyl (C=O) groups excluding carboxylic acids is 2. The average molecular weight is 723 g/mol. The van der Waals surface area contributed by atoms with Crippen LogP contribution in [0.1, 0.15) is 101 Å². The molecule has 0 saturated carbocycles. The Hall–Kier alpha value is -4.16. The Morgan fingerprint density at radius 3 is 2.18 bits per heavy atom. The van der Waals surface area contributed by atoms with Gasteiger partial charge < -0.3 is 19.1 Å². The van der Waals surface area contributed by atoms with Gasteiger partial charge in [0.1, 0.15) is 17.5 Å². The third-order valence-electron chi connectivity index (χ3n) is 9.62. The summed E-state index contributed by atoms with van der Waals surface area (Å²) in [5.74, 6) is 0.622. The molecule has 0 N–H and O–H groups in total. The Labute approximate surface area is 294 Å². The molecule has 0 radical (unpaired) electrons. The lowest BCUT2D eigenvalue weighted by Gasteiger charge is -2.36. The van der Waals surface area contributed by atoms with Gasteiger partial charge in [-0.1, -0.05) is 26.0 Å². The highest BCUT2D eigenvalue weighted by molar-refractivity contribution is 5.80. The summed E-state index contributed by atoms with van der Waals surface area (Å²) in [5.41, 5.74) is 0.639. The number of alkyl halides is 6. The van der Waals surface area contributed by atoms with Gasteiger partial charge in [0.2, 0.25) is 0 Å². The van der Waals surface area contributed by atoms with Gasteiger partial charge in [-0.05, 0) is 117 Å². The molecule has 13 heteroatoms. The van der Waals surface area contributed by atoms with Crippen molar-refractivity contribution >= 4 is 23.3 Å². The zero-order valence-electron chi connectivity index (χ0n) is 29.8. The first kappa shape index (κ1) is 38.1. The Bertz CT molecular complexity index is 1700. The van der Waals surface area contributed by atoms with Gasteiger partial charge in [0.25, 0.3) is 0 Å². The van der Waals surface area contributed by atoms with E-state index in [4.69, 9.17) is 14.2 Å². The van der Waals surface area contributed by atoms with Crippen LogP contribution in [0.25, 0.3) is 11.1 Å². The minimum Gasteiger partial charge on any atom is -0.496 e.